The molecule has 1 nitrogen and oxygen atoms in total. The van der Waals surface area contributed by atoms with Crippen molar-refractivity contribution in [2.45, 2.75) is 13.8 Å². The van der Waals surface area contributed by atoms with Gasteiger partial charge >= 0.3 is 0 Å². The molecule has 2 rings (SSSR count). The maximum Gasteiger partial charge on any atom is 0.185 e. The molecule has 102 valence electrons. The van der Waals surface area contributed by atoms with Gasteiger partial charge in [0, 0.05) is 11.1 Å². The Morgan fingerprint density at radius 2 is 1.90 bits per heavy atom. The molecule has 0 aliphatic heterocycles. The minimum Gasteiger partial charge on any atom is -0.289 e. The molecule has 0 bridgehead atoms. The number of benzene rings is 2. The van der Waals surface area contributed by atoms with Crippen molar-refractivity contribution < 1.29 is 9.18 Å². The second kappa shape index (κ2) is 6.02. The molecule has 0 radical (unpaired) electrons. The van der Waals surface area contributed by atoms with Crippen molar-refractivity contribution in [1.29, 1.82) is 0 Å². The largest absolute Gasteiger partial charge is 0.289 e. The van der Waals surface area contributed by atoms with Crippen LogP contribution >= 0.6 is 11.6 Å². The number of carbonyl (C=O) groups is 1. The van der Waals surface area contributed by atoms with Gasteiger partial charge < -0.3 is 0 Å². The fourth-order valence-corrected chi connectivity index (χ4v) is 2.05. The average Bonchev–Trinajstić information content (AvgIpc) is 2.41. The molecule has 0 atom stereocenters. The predicted molar refractivity (Wildman–Crippen MR) is 80.7 cm³/mol. The van der Waals surface area contributed by atoms with E-state index in [2.05, 4.69) is 0 Å². The molecule has 2 aromatic carbocycles. The topological polar surface area (TPSA) is 17.1 Å². The van der Waals surface area contributed by atoms with Gasteiger partial charge in [-0.05, 0) is 55.3 Å². The quantitative estimate of drug-likeness (QED) is 0.574. The summed E-state index contributed by atoms with van der Waals surface area (Å²) in [5.74, 6) is -0.617. The number of carbonyl (C=O) groups excluding carboxylic acids is 1. The van der Waals surface area contributed by atoms with Crippen molar-refractivity contribution in [2.24, 2.45) is 0 Å². The van der Waals surface area contributed by atoms with E-state index in [1.807, 2.05) is 26.0 Å². The minimum absolute atomic E-state index is 0.174. The fourth-order valence-electron chi connectivity index (χ4n) is 1.82. The Bertz CT molecular complexity index is 669. The highest BCUT2D eigenvalue weighted by molar-refractivity contribution is 6.32. The summed E-state index contributed by atoms with van der Waals surface area (Å²) in [6.45, 7) is 3.93. The highest BCUT2D eigenvalue weighted by atomic mass is 35.5. The lowest BCUT2D eigenvalue weighted by molar-refractivity contribution is 0.104. The summed E-state index contributed by atoms with van der Waals surface area (Å²) in [4.78, 5) is 12.1. The first-order chi connectivity index (χ1) is 9.49. The van der Waals surface area contributed by atoms with E-state index in [1.54, 1.807) is 12.1 Å². The standard InChI is InChI=1S/C17H14ClFO/c1-11-6-7-13(10-12(11)2)17(20)9-8-14-15(18)4-3-5-16(14)19/h3-10H,1-2H3. The number of allylic oxidation sites excluding steroid dienone is 1. The van der Waals surface area contributed by atoms with Gasteiger partial charge in [0.1, 0.15) is 5.82 Å². The van der Waals surface area contributed by atoms with Crippen LogP contribution in [0.3, 0.4) is 0 Å². The molecule has 0 unspecified atom stereocenters. The Morgan fingerprint density at radius 1 is 1.15 bits per heavy atom. The van der Waals surface area contributed by atoms with Gasteiger partial charge in [0.05, 0.1) is 5.02 Å². The van der Waals surface area contributed by atoms with Crippen molar-refractivity contribution in [1.82, 2.24) is 0 Å². The highest BCUT2D eigenvalue weighted by Gasteiger charge is 2.06. The number of rotatable bonds is 3. The van der Waals surface area contributed by atoms with Crippen LogP contribution in [-0.2, 0) is 0 Å². The van der Waals surface area contributed by atoms with Crippen LogP contribution in [0.1, 0.15) is 27.0 Å². The van der Waals surface area contributed by atoms with E-state index in [-0.39, 0.29) is 16.4 Å². The van der Waals surface area contributed by atoms with Gasteiger partial charge in [-0.15, -0.1) is 0 Å². The van der Waals surface area contributed by atoms with Crippen LogP contribution in [0.5, 0.6) is 0 Å². The molecule has 2 aromatic rings. The molecular formula is C17H14ClFO. The first-order valence-corrected chi connectivity index (χ1v) is 6.60. The minimum atomic E-state index is -0.443. The van der Waals surface area contributed by atoms with E-state index in [0.29, 0.717) is 5.56 Å². The molecule has 0 fully saturated rings. The van der Waals surface area contributed by atoms with Gasteiger partial charge in [0.15, 0.2) is 5.78 Å². The molecule has 0 saturated carbocycles. The monoisotopic (exact) mass is 288 g/mol. The third kappa shape index (κ3) is 3.14. The van der Waals surface area contributed by atoms with Gasteiger partial charge in [-0.2, -0.15) is 0 Å². The van der Waals surface area contributed by atoms with Crippen molar-refractivity contribution in [3.05, 3.63) is 75.6 Å². The van der Waals surface area contributed by atoms with E-state index >= 15 is 0 Å². The van der Waals surface area contributed by atoms with E-state index in [4.69, 9.17) is 11.6 Å². The van der Waals surface area contributed by atoms with E-state index < -0.39 is 5.82 Å². The van der Waals surface area contributed by atoms with Gasteiger partial charge in [-0.3, -0.25) is 4.79 Å². The number of aryl methyl sites for hydroxylation is 2. The molecule has 0 spiro atoms. The van der Waals surface area contributed by atoms with Gasteiger partial charge in [-0.25, -0.2) is 4.39 Å². The number of hydrogen-bond acceptors (Lipinski definition) is 1. The third-order valence-corrected chi connectivity index (χ3v) is 3.52. The van der Waals surface area contributed by atoms with Crippen LogP contribution in [-0.4, -0.2) is 5.78 Å². The van der Waals surface area contributed by atoms with Crippen molar-refractivity contribution in [2.75, 3.05) is 0 Å². The molecule has 3 heteroatoms. The lowest BCUT2D eigenvalue weighted by Crippen LogP contribution is -1.96. The molecule has 0 aliphatic carbocycles. The van der Waals surface area contributed by atoms with Crippen LogP contribution in [0.25, 0.3) is 6.08 Å². The first-order valence-electron chi connectivity index (χ1n) is 6.22. The Hall–Kier alpha value is -1.93. The third-order valence-electron chi connectivity index (χ3n) is 3.19. The maximum atomic E-state index is 13.6. The van der Waals surface area contributed by atoms with Crippen molar-refractivity contribution in [3.63, 3.8) is 0 Å². The summed E-state index contributed by atoms with van der Waals surface area (Å²) in [5, 5.41) is 0.286. The van der Waals surface area contributed by atoms with E-state index in [0.717, 1.165) is 11.1 Å². The van der Waals surface area contributed by atoms with Crippen molar-refractivity contribution in [3.8, 4) is 0 Å². The van der Waals surface area contributed by atoms with E-state index in [1.165, 1.54) is 24.3 Å². The Labute approximate surface area is 122 Å². The molecule has 0 amide bonds. The normalized spacial score (nSPS) is 11.0. The van der Waals surface area contributed by atoms with Crippen LogP contribution < -0.4 is 0 Å². The smallest absolute Gasteiger partial charge is 0.185 e. The number of halogens is 2. The summed E-state index contributed by atoms with van der Waals surface area (Å²) < 4.78 is 13.6. The molecule has 0 aromatic heterocycles. The zero-order valence-corrected chi connectivity index (χ0v) is 12.0. The Kier molecular flexibility index (Phi) is 4.35. The lowest BCUT2D eigenvalue weighted by Gasteiger charge is -2.02. The summed E-state index contributed by atoms with van der Waals surface area (Å²) in [6.07, 6.45) is 2.75. The van der Waals surface area contributed by atoms with Crippen LogP contribution in [0.4, 0.5) is 4.39 Å². The molecule has 0 aliphatic rings. The number of hydrogen-bond donors (Lipinski definition) is 0. The molecule has 0 saturated heterocycles. The molecule has 0 heterocycles. The second-order valence-electron chi connectivity index (χ2n) is 4.63. The summed E-state index contributed by atoms with van der Waals surface area (Å²) in [7, 11) is 0. The molecule has 20 heavy (non-hydrogen) atoms. The van der Waals surface area contributed by atoms with Crippen LogP contribution in [0.2, 0.25) is 5.02 Å². The average molecular weight is 289 g/mol. The second-order valence-corrected chi connectivity index (χ2v) is 5.04. The van der Waals surface area contributed by atoms with Crippen LogP contribution in [0, 0.1) is 19.7 Å². The van der Waals surface area contributed by atoms with Crippen molar-refractivity contribution >= 4 is 23.5 Å². The Morgan fingerprint density at radius 3 is 2.55 bits per heavy atom. The fraction of sp³-hybridized carbons (Fsp3) is 0.118. The lowest BCUT2D eigenvalue weighted by atomic mass is 10.0. The SMILES string of the molecule is Cc1ccc(C(=O)C=Cc2c(F)cccc2Cl)cc1C. The van der Waals surface area contributed by atoms with Crippen LogP contribution in [0.15, 0.2) is 42.5 Å². The maximum absolute atomic E-state index is 13.6. The zero-order valence-electron chi connectivity index (χ0n) is 11.3. The summed E-state index contributed by atoms with van der Waals surface area (Å²) >= 11 is 5.90. The predicted octanol–water partition coefficient (Wildman–Crippen LogP) is 4.99. The number of ketones is 1. The van der Waals surface area contributed by atoms with Gasteiger partial charge in [0.25, 0.3) is 0 Å². The first kappa shape index (κ1) is 14.5. The van der Waals surface area contributed by atoms with Gasteiger partial charge in [0.2, 0.25) is 0 Å². The summed E-state index contributed by atoms with van der Waals surface area (Å²) in [5.41, 5.74) is 2.99. The van der Waals surface area contributed by atoms with E-state index in [9.17, 15) is 9.18 Å². The zero-order chi connectivity index (χ0) is 14.7. The Balaban J connectivity index is 2.27. The van der Waals surface area contributed by atoms with Gasteiger partial charge in [-0.1, -0.05) is 29.8 Å². The molecule has 0 N–H and O–H groups in total. The highest BCUT2D eigenvalue weighted by Crippen LogP contribution is 2.20. The summed E-state index contributed by atoms with van der Waals surface area (Å²) in [6, 6.07) is 9.91. The molecular weight excluding hydrogens is 275 g/mol.